The molecule has 116 valence electrons. The van der Waals surface area contributed by atoms with Crippen LogP contribution < -0.4 is 10.1 Å². The molecular formula is C13H26N4O3. The van der Waals surface area contributed by atoms with Crippen LogP contribution in [0.3, 0.4) is 0 Å². The number of nitrogens with one attached hydrogen (secondary N) is 1. The van der Waals surface area contributed by atoms with E-state index in [-0.39, 0.29) is 0 Å². The third-order valence-electron chi connectivity index (χ3n) is 2.96. The lowest BCUT2D eigenvalue weighted by atomic mass is 10.2. The molecule has 0 saturated carbocycles. The standard InChI is InChI=1S/C13H26N4O3/c1-16(2)6-7-17-13(12(20-4)10-15-17)11(18)9-14-5-8-19-3/h10-11,14,18H,5-9H2,1-4H3. The van der Waals surface area contributed by atoms with Crippen molar-refractivity contribution in [3.05, 3.63) is 11.9 Å². The van der Waals surface area contributed by atoms with Crippen LogP contribution in [0, 0.1) is 0 Å². The maximum Gasteiger partial charge on any atom is 0.162 e. The number of hydrogen-bond donors (Lipinski definition) is 2. The topological polar surface area (TPSA) is 71.8 Å². The van der Waals surface area contributed by atoms with Gasteiger partial charge in [-0.05, 0) is 14.1 Å². The summed E-state index contributed by atoms with van der Waals surface area (Å²) >= 11 is 0. The Balaban J connectivity index is 2.66. The predicted molar refractivity (Wildman–Crippen MR) is 77.0 cm³/mol. The van der Waals surface area contributed by atoms with Crippen LogP contribution in [0.1, 0.15) is 11.8 Å². The van der Waals surface area contributed by atoms with E-state index in [9.17, 15) is 5.11 Å². The zero-order valence-corrected chi connectivity index (χ0v) is 12.8. The molecule has 0 bridgehead atoms. The van der Waals surface area contributed by atoms with Crippen LogP contribution in [0.4, 0.5) is 0 Å². The van der Waals surface area contributed by atoms with E-state index in [2.05, 4.69) is 15.3 Å². The fraction of sp³-hybridized carbons (Fsp3) is 0.769. The Labute approximate surface area is 120 Å². The van der Waals surface area contributed by atoms with Crippen LogP contribution in [0.2, 0.25) is 0 Å². The molecule has 0 spiro atoms. The monoisotopic (exact) mass is 286 g/mol. The fourth-order valence-electron chi connectivity index (χ4n) is 1.85. The van der Waals surface area contributed by atoms with Crippen molar-refractivity contribution >= 4 is 0 Å². The van der Waals surface area contributed by atoms with Gasteiger partial charge in [-0.3, -0.25) is 4.68 Å². The van der Waals surface area contributed by atoms with Crippen molar-refractivity contribution in [2.75, 3.05) is 54.6 Å². The number of ether oxygens (including phenoxy) is 2. The van der Waals surface area contributed by atoms with E-state index in [1.54, 1.807) is 25.1 Å². The van der Waals surface area contributed by atoms with Crippen molar-refractivity contribution in [1.82, 2.24) is 20.0 Å². The first-order valence-corrected chi connectivity index (χ1v) is 6.72. The van der Waals surface area contributed by atoms with E-state index >= 15 is 0 Å². The summed E-state index contributed by atoms with van der Waals surface area (Å²) < 4.78 is 12.0. The molecule has 1 heterocycles. The van der Waals surface area contributed by atoms with E-state index < -0.39 is 6.10 Å². The van der Waals surface area contributed by atoms with Crippen molar-refractivity contribution in [2.45, 2.75) is 12.6 Å². The van der Waals surface area contributed by atoms with Gasteiger partial charge in [0.1, 0.15) is 11.8 Å². The highest BCUT2D eigenvalue weighted by Crippen LogP contribution is 2.24. The molecule has 7 heteroatoms. The highest BCUT2D eigenvalue weighted by Gasteiger charge is 2.19. The van der Waals surface area contributed by atoms with Gasteiger partial charge in [-0.15, -0.1) is 0 Å². The second-order valence-corrected chi connectivity index (χ2v) is 4.84. The van der Waals surface area contributed by atoms with Gasteiger partial charge in [0.05, 0.1) is 26.5 Å². The van der Waals surface area contributed by atoms with Crippen LogP contribution in [0.25, 0.3) is 0 Å². The number of aliphatic hydroxyl groups is 1. The first-order chi connectivity index (χ1) is 9.60. The van der Waals surface area contributed by atoms with Gasteiger partial charge in [0.15, 0.2) is 5.75 Å². The number of aromatic nitrogens is 2. The molecule has 0 fully saturated rings. The second-order valence-electron chi connectivity index (χ2n) is 4.84. The van der Waals surface area contributed by atoms with Crippen molar-refractivity contribution in [3.8, 4) is 5.75 Å². The van der Waals surface area contributed by atoms with E-state index in [0.29, 0.717) is 37.7 Å². The molecule has 0 aliphatic heterocycles. The molecule has 1 aromatic rings. The maximum atomic E-state index is 10.3. The van der Waals surface area contributed by atoms with Gasteiger partial charge in [0.2, 0.25) is 0 Å². The highest BCUT2D eigenvalue weighted by atomic mass is 16.5. The smallest absolute Gasteiger partial charge is 0.162 e. The SMILES string of the molecule is COCCNCC(O)c1c(OC)cnn1CCN(C)C. The molecule has 0 aliphatic carbocycles. The summed E-state index contributed by atoms with van der Waals surface area (Å²) in [5.41, 5.74) is 0.708. The van der Waals surface area contributed by atoms with E-state index in [1.165, 1.54) is 0 Å². The van der Waals surface area contributed by atoms with Crippen molar-refractivity contribution in [3.63, 3.8) is 0 Å². The average Bonchev–Trinajstić information content (AvgIpc) is 2.84. The third-order valence-corrected chi connectivity index (χ3v) is 2.96. The van der Waals surface area contributed by atoms with Gasteiger partial charge in [0.25, 0.3) is 0 Å². The van der Waals surface area contributed by atoms with Crippen LogP contribution in [0.15, 0.2) is 6.20 Å². The van der Waals surface area contributed by atoms with Crippen LogP contribution in [0.5, 0.6) is 5.75 Å². The van der Waals surface area contributed by atoms with Gasteiger partial charge < -0.3 is 24.8 Å². The summed E-state index contributed by atoms with van der Waals surface area (Å²) in [6.07, 6.45) is 0.982. The lowest BCUT2D eigenvalue weighted by Crippen LogP contribution is -2.27. The zero-order chi connectivity index (χ0) is 15.0. The average molecular weight is 286 g/mol. The first kappa shape index (κ1) is 16.9. The molecule has 0 radical (unpaired) electrons. The largest absolute Gasteiger partial charge is 0.493 e. The first-order valence-electron chi connectivity index (χ1n) is 6.72. The lowest BCUT2D eigenvalue weighted by Gasteiger charge is -2.17. The number of methoxy groups -OCH3 is 2. The molecule has 0 aromatic carbocycles. The highest BCUT2D eigenvalue weighted by molar-refractivity contribution is 5.27. The minimum Gasteiger partial charge on any atom is -0.493 e. The molecule has 1 unspecified atom stereocenters. The number of hydrogen-bond acceptors (Lipinski definition) is 6. The molecule has 1 aromatic heterocycles. The fourth-order valence-corrected chi connectivity index (χ4v) is 1.85. The van der Waals surface area contributed by atoms with Gasteiger partial charge in [0, 0.05) is 26.7 Å². The molecule has 1 atom stereocenters. The summed E-state index contributed by atoms with van der Waals surface area (Å²) in [6, 6.07) is 0. The summed E-state index contributed by atoms with van der Waals surface area (Å²) in [6.45, 7) is 3.31. The number of rotatable bonds is 10. The second kappa shape index (κ2) is 8.91. The third kappa shape index (κ3) is 5.09. The van der Waals surface area contributed by atoms with Crippen molar-refractivity contribution in [2.24, 2.45) is 0 Å². The Morgan fingerprint density at radius 2 is 2.20 bits per heavy atom. The van der Waals surface area contributed by atoms with Gasteiger partial charge >= 0.3 is 0 Å². The number of aliphatic hydroxyl groups excluding tert-OH is 1. The summed E-state index contributed by atoms with van der Waals surface area (Å²) in [7, 11) is 7.24. The summed E-state index contributed by atoms with van der Waals surface area (Å²) in [4.78, 5) is 2.07. The summed E-state index contributed by atoms with van der Waals surface area (Å²) in [5.74, 6) is 0.616. The Bertz CT molecular complexity index is 382. The maximum absolute atomic E-state index is 10.3. The van der Waals surface area contributed by atoms with Crippen molar-refractivity contribution in [1.29, 1.82) is 0 Å². The molecule has 0 aliphatic rings. The molecule has 20 heavy (non-hydrogen) atoms. The van der Waals surface area contributed by atoms with E-state index in [4.69, 9.17) is 9.47 Å². The molecule has 0 amide bonds. The minimum absolute atomic E-state index is 0.438. The Morgan fingerprint density at radius 1 is 1.45 bits per heavy atom. The molecule has 2 N–H and O–H groups in total. The Morgan fingerprint density at radius 3 is 2.80 bits per heavy atom. The van der Waals surface area contributed by atoms with Gasteiger partial charge in [-0.2, -0.15) is 5.10 Å². The minimum atomic E-state index is -0.661. The molecule has 7 nitrogen and oxygen atoms in total. The van der Waals surface area contributed by atoms with Crippen LogP contribution in [-0.2, 0) is 11.3 Å². The zero-order valence-electron chi connectivity index (χ0n) is 12.8. The summed E-state index contributed by atoms with van der Waals surface area (Å²) in [5, 5.41) is 17.7. The van der Waals surface area contributed by atoms with Crippen molar-refractivity contribution < 1.29 is 14.6 Å². The molecular weight excluding hydrogens is 260 g/mol. The van der Waals surface area contributed by atoms with Gasteiger partial charge in [-0.25, -0.2) is 0 Å². The van der Waals surface area contributed by atoms with E-state index in [1.807, 2.05) is 14.1 Å². The Hall–Kier alpha value is -1.15. The predicted octanol–water partition coefficient (Wildman–Crippen LogP) is -0.277. The molecule has 1 rings (SSSR count). The Kier molecular flexibility index (Phi) is 7.53. The molecule has 0 saturated heterocycles. The number of likely N-dealkylation sites (N-methyl/N-ethyl adjacent to an activating group) is 1. The van der Waals surface area contributed by atoms with E-state index in [0.717, 1.165) is 6.54 Å². The van der Waals surface area contributed by atoms with Crippen LogP contribution >= 0.6 is 0 Å². The quantitative estimate of drug-likeness (QED) is 0.577. The van der Waals surface area contributed by atoms with Crippen LogP contribution in [-0.4, -0.2) is 74.3 Å². The van der Waals surface area contributed by atoms with Gasteiger partial charge in [-0.1, -0.05) is 0 Å². The number of nitrogens with zero attached hydrogens (tertiary/aromatic N) is 3. The normalized spacial score (nSPS) is 12.9. The lowest BCUT2D eigenvalue weighted by molar-refractivity contribution is 0.149.